The first kappa shape index (κ1) is 21.4. The predicted molar refractivity (Wildman–Crippen MR) is 103 cm³/mol. The van der Waals surface area contributed by atoms with Crippen LogP contribution < -0.4 is 10.1 Å². The summed E-state index contributed by atoms with van der Waals surface area (Å²) in [5.41, 5.74) is 0.0844. The summed E-state index contributed by atoms with van der Waals surface area (Å²) in [7, 11) is 0. The van der Waals surface area contributed by atoms with Crippen molar-refractivity contribution in [1.82, 2.24) is 9.88 Å². The van der Waals surface area contributed by atoms with Gasteiger partial charge in [0.2, 0.25) is 0 Å². The Kier molecular flexibility index (Phi) is 6.96. The van der Waals surface area contributed by atoms with Gasteiger partial charge in [0.1, 0.15) is 11.9 Å². The van der Waals surface area contributed by atoms with E-state index in [1.807, 2.05) is 5.38 Å². The number of rotatable bonds is 6. The molecule has 0 saturated carbocycles. The van der Waals surface area contributed by atoms with Crippen molar-refractivity contribution in [2.45, 2.75) is 38.0 Å². The normalized spacial score (nSPS) is 15.4. The van der Waals surface area contributed by atoms with Gasteiger partial charge in [-0.1, -0.05) is 6.07 Å². The second-order valence-corrected chi connectivity index (χ2v) is 7.59. The number of anilines is 1. The molecule has 0 unspecified atom stereocenters. The molecule has 0 spiro atoms. The Bertz CT molecular complexity index is 820. The molecule has 2 N–H and O–H groups in total. The van der Waals surface area contributed by atoms with Crippen LogP contribution in [-0.2, 0) is 12.6 Å². The molecule has 1 aliphatic rings. The first-order chi connectivity index (χ1) is 13.8. The predicted octanol–water partition coefficient (Wildman–Crippen LogP) is 4.16. The molecule has 0 atom stereocenters. The molecule has 1 aromatic heterocycles. The van der Waals surface area contributed by atoms with Crippen molar-refractivity contribution < 1.29 is 27.8 Å². The van der Waals surface area contributed by atoms with E-state index < -0.39 is 11.7 Å². The number of piperidine rings is 1. The number of nitrogens with one attached hydrogen (secondary N) is 1. The second kappa shape index (κ2) is 9.45. The molecule has 158 valence electrons. The number of urea groups is 1. The summed E-state index contributed by atoms with van der Waals surface area (Å²) in [6, 6.07) is 4.57. The van der Waals surface area contributed by atoms with Gasteiger partial charge in [0.15, 0.2) is 5.13 Å². The van der Waals surface area contributed by atoms with Crippen LogP contribution in [0.1, 0.15) is 30.5 Å². The van der Waals surface area contributed by atoms with Gasteiger partial charge in [-0.3, -0.25) is 5.32 Å². The molecule has 2 heterocycles. The summed E-state index contributed by atoms with van der Waals surface area (Å²) in [6.07, 6.45) is -2.31. The summed E-state index contributed by atoms with van der Waals surface area (Å²) < 4.78 is 44.1. The highest BCUT2D eigenvalue weighted by Crippen LogP contribution is 2.32. The Morgan fingerprint density at radius 1 is 1.34 bits per heavy atom. The standard InChI is InChI=1S/C19H22F3N3O3S/c20-19(21,22)13-3-1-5-16(11-13)28-15-6-8-25(9-7-15)18(27)24-17-23-14(12-29-17)4-2-10-26/h1,3,5,11-12,15,26H,2,4,6-10H2,(H,23,24,27). The van der Waals surface area contributed by atoms with Crippen molar-refractivity contribution in [3.63, 3.8) is 0 Å². The zero-order chi connectivity index (χ0) is 20.9. The molecule has 1 saturated heterocycles. The number of hydrogen-bond donors (Lipinski definition) is 2. The molecular formula is C19H22F3N3O3S. The smallest absolute Gasteiger partial charge is 0.416 e. The Morgan fingerprint density at radius 3 is 2.79 bits per heavy atom. The Hall–Kier alpha value is -2.33. The van der Waals surface area contributed by atoms with Crippen LogP contribution in [0.3, 0.4) is 0 Å². The molecule has 29 heavy (non-hydrogen) atoms. The lowest BCUT2D eigenvalue weighted by atomic mass is 10.1. The van der Waals surface area contributed by atoms with Gasteiger partial charge in [0, 0.05) is 37.9 Å². The minimum Gasteiger partial charge on any atom is -0.490 e. The van der Waals surface area contributed by atoms with Gasteiger partial charge in [-0.25, -0.2) is 9.78 Å². The average Bonchev–Trinajstić information content (AvgIpc) is 3.13. The second-order valence-electron chi connectivity index (χ2n) is 6.73. The molecule has 3 rings (SSSR count). The highest BCUT2D eigenvalue weighted by Gasteiger charge is 2.31. The van der Waals surface area contributed by atoms with Crippen LogP contribution in [0.5, 0.6) is 5.75 Å². The maximum absolute atomic E-state index is 12.8. The number of alkyl halides is 3. The van der Waals surface area contributed by atoms with E-state index in [1.54, 1.807) is 4.90 Å². The summed E-state index contributed by atoms with van der Waals surface area (Å²) in [5.74, 6) is 0.181. The van der Waals surface area contributed by atoms with Crippen LogP contribution >= 0.6 is 11.3 Å². The number of aromatic nitrogens is 1. The minimum absolute atomic E-state index is 0.0940. The number of hydrogen-bond acceptors (Lipinski definition) is 5. The number of aliphatic hydroxyl groups excluding tert-OH is 1. The highest BCUT2D eigenvalue weighted by atomic mass is 32.1. The number of ether oxygens (including phenoxy) is 1. The fourth-order valence-electron chi connectivity index (χ4n) is 3.02. The van der Waals surface area contributed by atoms with E-state index in [-0.39, 0.29) is 24.5 Å². The number of thiazole rings is 1. The number of carbonyl (C=O) groups excluding carboxylic acids is 1. The van der Waals surface area contributed by atoms with Crippen molar-refractivity contribution in [3.05, 3.63) is 40.9 Å². The first-order valence-electron chi connectivity index (χ1n) is 9.30. The quantitative estimate of drug-likeness (QED) is 0.723. The van der Waals surface area contributed by atoms with E-state index in [9.17, 15) is 18.0 Å². The Labute approximate surface area is 170 Å². The summed E-state index contributed by atoms with van der Waals surface area (Å²) >= 11 is 1.33. The third-order valence-corrected chi connectivity index (χ3v) is 5.36. The van der Waals surface area contributed by atoms with Crippen molar-refractivity contribution in [3.8, 4) is 5.75 Å². The van der Waals surface area contributed by atoms with Crippen molar-refractivity contribution in [2.24, 2.45) is 0 Å². The largest absolute Gasteiger partial charge is 0.490 e. The molecule has 2 aromatic rings. The van der Waals surface area contributed by atoms with Gasteiger partial charge < -0.3 is 14.7 Å². The number of aryl methyl sites for hydroxylation is 1. The lowest BCUT2D eigenvalue weighted by Crippen LogP contribution is -2.43. The molecule has 6 nitrogen and oxygen atoms in total. The molecule has 1 aliphatic heterocycles. The monoisotopic (exact) mass is 429 g/mol. The zero-order valence-corrected chi connectivity index (χ0v) is 16.4. The van der Waals surface area contributed by atoms with Crippen LogP contribution in [0.15, 0.2) is 29.6 Å². The SMILES string of the molecule is O=C(Nc1nc(CCCO)cs1)N1CCC(Oc2cccc(C(F)(F)F)c2)CC1. The summed E-state index contributed by atoms with van der Waals surface area (Å²) in [5, 5.41) is 14.0. The van der Waals surface area contributed by atoms with Crippen LogP contribution in [0, 0.1) is 0 Å². The van der Waals surface area contributed by atoms with Crippen LogP contribution in [0.25, 0.3) is 0 Å². The fourth-order valence-corrected chi connectivity index (χ4v) is 3.76. The first-order valence-corrected chi connectivity index (χ1v) is 10.2. The fraction of sp³-hybridized carbons (Fsp3) is 0.474. The molecule has 2 amide bonds. The maximum Gasteiger partial charge on any atom is 0.416 e. The van der Waals surface area contributed by atoms with Crippen molar-refractivity contribution >= 4 is 22.5 Å². The van der Waals surface area contributed by atoms with Gasteiger partial charge in [0.05, 0.1) is 11.3 Å². The summed E-state index contributed by atoms with van der Waals surface area (Å²) in [4.78, 5) is 18.3. The molecule has 0 bridgehead atoms. The lowest BCUT2D eigenvalue weighted by Gasteiger charge is -2.32. The Balaban J connectivity index is 1.47. The van der Waals surface area contributed by atoms with Gasteiger partial charge >= 0.3 is 12.2 Å². The number of aliphatic hydroxyl groups is 1. The lowest BCUT2D eigenvalue weighted by molar-refractivity contribution is -0.137. The van der Waals surface area contributed by atoms with Gasteiger partial charge in [-0.15, -0.1) is 11.3 Å². The molecule has 1 fully saturated rings. The third kappa shape index (κ3) is 6.07. The third-order valence-electron chi connectivity index (χ3n) is 4.55. The highest BCUT2D eigenvalue weighted by molar-refractivity contribution is 7.13. The van der Waals surface area contributed by atoms with Crippen LogP contribution in [-0.4, -0.2) is 46.8 Å². The van der Waals surface area contributed by atoms with Gasteiger partial charge in [-0.05, 0) is 31.0 Å². The van der Waals surface area contributed by atoms with E-state index in [2.05, 4.69) is 10.3 Å². The number of nitrogens with zero attached hydrogens (tertiary/aromatic N) is 2. The zero-order valence-electron chi connectivity index (χ0n) is 15.6. The number of halogens is 3. The molecule has 0 radical (unpaired) electrons. The van der Waals surface area contributed by atoms with Crippen LogP contribution in [0.2, 0.25) is 0 Å². The van der Waals surface area contributed by atoms with Gasteiger partial charge in [-0.2, -0.15) is 13.2 Å². The van der Waals surface area contributed by atoms with Gasteiger partial charge in [0.25, 0.3) is 0 Å². The number of likely N-dealkylation sites (tertiary alicyclic amines) is 1. The molecular weight excluding hydrogens is 407 g/mol. The molecule has 10 heteroatoms. The van der Waals surface area contributed by atoms with E-state index in [0.717, 1.165) is 17.8 Å². The number of carbonyl (C=O) groups is 1. The number of benzene rings is 1. The maximum atomic E-state index is 12.8. The summed E-state index contributed by atoms with van der Waals surface area (Å²) in [6.45, 7) is 0.979. The molecule has 0 aliphatic carbocycles. The topological polar surface area (TPSA) is 74.7 Å². The van der Waals surface area contributed by atoms with Crippen LogP contribution in [0.4, 0.5) is 23.1 Å². The minimum atomic E-state index is -4.41. The van der Waals surface area contributed by atoms with E-state index in [1.165, 1.54) is 23.5 Å². The van der Waals surface area contributed by atoms with E-state index >= 15 is 0 Å². The van der Waals surface area contributed by atoms with E-state index in [0.29, 0.717) is 43.9 Å². The number of amides is 2. The van der Waals surface area contributed by atoms with Crippen molar-refractivity contribution in [1.29, 1.82) is 0 Å². The van der Waals surface area contributed by atoms with Crippen molar-refractivity contribution in [2.75, 3.05) is 25.0 Å². The average molecular weight is 429 g/mol. The Morgan fingerprint density at radius 2 is 2.10 bits per heavy atom. The molecule has 1 aromatic carbocycles. The van der Waals surface area contributed by atoms with E-state index in [4.69, 9.17) is 9.84 Å².